The van der Waals surface area contributed by atoms with Gasteiger partial charge in [-0.15, -0.1) is 24.0 Å². The van der Waals surface area contributed by atoms with Crippen molar-refractivity contribution in [3.05, 3.63) is 29.8 Å². The second kappa shape index (κ2) is 10.1. The van der Waals surface area contributed by atoms with Crippen LogP contribution in [0.3, 0.4) is 0 Å². The van der Waals surface area contributed by atoms with Crippen molar-refractivity contribution in [1.82, 2.24) is 10.2 Å². The van der Waals surface area contributed by atoms with Gasteiger partial charge in [-0.3, -0.25) is 9.89 Å². The summed E-state index contributed by atoms with van der Waals surface area (Å²) in [7, 11) is 0. The predicted molar refractivity (Wildman–Crippen MR) is 123 cm³/mol. The number of morpholine rings is 1. The number of fused-ring (bicyclic) bond motifs is 1. The molecule has 1 unspecified atom stereocenters. The Bertz CT molecular complexity index is 658. The molecule has 0 radical (unpaired) electrons. The van der Waals surface area contributed by atoms with Gasteiger partial charge in [0.15, 0.2) is 5.96 Å². The number of nitrogens with one attached hydrogen (secondary N) is 1. The van der Waals surface area contributed by atoms with Crippen LogP contribution in [0.4, 0.5) is 0 Å². The van der Waals surface area contributed by atoms with Gasteiger partial charge in [-0.2, -0.15) is 0 Å². The summed E-state index contributed by atoms with van der Waals surface area (Å²) < 4.78 is 11.3. The molecule has 0 bridgehead atoms. The molecule has 7 heteroatoms. The molecule has 2 aliphatic heterocycles. The fourth-order valence-electron chi connectivity index (χ4n) is 4.77. The second-order valence-electron chi connectivity index (χ2n) is 7.96. The monoisotopic (exact) mass is 500 g/mol. The number of nitrogens with two attached hydrogens (primary N) is 1. The summed E-state index contributed by atoms with van der Waals surface area (Å²) in [5.74, 6) is 1.50. The second-order valence-corrected chi connectivity index (χ2v) is 7.96. The van der Waals surface area contributed by atoms with Crippen LogP contribution in [0.25, 0.3) is 0 Å². The number of guanidine groups is 1. The van der Waals surface area contributed by atoms with Gasteiger partial charge >= 0.3 is 0 Å². The lowest BCUT2D eigenvalue weighted by molar-refractivity contribution is -0.0333. The Balaban J connectivity index is 0.00000225. The number of hydrogen-bond donors (Lipinski definition) is 2. The number of benzene rings is 1. The largest absolute Gasteiger partial charge is 0.493 e. The van der Waals surface area contributed by atoms with E-state index in [1.54, 1.807) is 0 Å². The van der Waals surface area contributed by atoms with E-state index in [0.717, 1.165) is 45.0 Å². The van der Waals surface area contributed by atoms with E-state index < -0.39 is 0 Å². The van der Waals surface area contributed by atoms with Crippen LogP contribution < -0.4 is 15.8 Å². The lowest BCUT2D eigenvalue weighted by atomic mass is 9.80. The molecular formula is C21H33IN4O2. The van der Waals surface area contributed by atoms with Gasteiger partial charge in [-0.25, -0.2) is 0 Å². The van der Waals surface area contributed by atoms with E-state index in [1.165, 1.54) is 37.7 Å². The van der Waals surface area contributed by atoms with Gasteiger partial charge in [0.05, 0.1) is 32.4 Å². The topological polar surface area (TPSA) is 72.1 Å². The van der Waals surface area contributed by atoms with E-state index in [2.05, 4.69) is 16.3 Å². The summed E-state index contributed by atoms with van der Waals surface area (Å²) in [6.45, 7) is 5.17. The number of rotatable bonds is 4. The molecule has 3 N–H and O–H groups in total. The average molecular weight is 500 g/mol. The normalized spacial score (nSPS) is 25.1. The van der Waals surface area contributed by atoms with Crippen molar-refractivity contribution < 1.29 is 9.47 Å². The van der Waals surface area contributed by atoms with E-state index in [1.807, 2.05) is 18.2 Å². The molecular weight excluding hydrogens is 467 g/mol. The van der Waals surface area contributed by atoms with Crippen LogP contribution in [0.2, 0.25) is 0 Å². The zero-order valence-corrected chi connectivity index (χ0v) is 18.9. The minimum Gasteiger partial charge on any atom is -0.493 e. The van der Waals surface area contributed by atoms with Crippen molar-refractivity contribution in [1.29, 1.82) is 0 Å². The fraction of sp³-hybridized carbons (Fsp3) is 0.667. The lowest BCUT2D eigenvalue weighted by Gasteiger charge is -2.47. The zero-order chi connectivity index (χ0) is 18.5. The summed E-state index contributed by atoms with van der Waals surface area (Å²) in [5.41, 5.74) is 7.65. The quantitative estimate of drug-likeness (QED) is 0.378. The smallest absolute Gasteiger partial charge is 0.189 e. The van der Waals surface area contributed by atoms with E-state index in [4.69, 9.17) is 20.2 Å². The van der Waals surface area contributed by atoms with Crippen molar-refractivity contribution >= 4 is 29.9 Å². The molecule has 1 atom stereocenters. The molecule has 3 aliphatic rings. The Morgan fingerprint density at radius 3 is 2.68 bits per heavy atom. The number of para-hydroxylation sites is 1. The first-order valence-corrected chi connectivity index (χ1v) is 10.4. The highest BCUT2D eigenvalue weighted by Crippen LogP contribution is 2.35. The summed E-state index contributed by atoms with van der Waals surface area (Å²) in [5, 5.41) is 3.44. The van der Waals surface area contributed by atoms with Crippen LogP contribution in [0.5, 0.6) is 5.75 Å². The molecule has 1 aliphatic carbocycles. The number of halogens is 1. The maximum atomic E-state index is 6.32. The van der Waals surface area contributed by atoms with Crippen molar-refractivity contribution in [2.24, 2.45) is 10.7 Å². The molecule has 0 spiro atoms. The van der Waals surface area contributed by atoms with Crippen molar-refractivity contribution in [3.63, 3.8) is 0 Å². The third-order valence-electron chi connectivity index (χ3n) is 6.29. The van der Waals surface area contributed by atoms with Crippen molar-refractivity contribution in [2.75, 3.05) is 39.5 Å². The van der Waals surface area contributed by atoms with E-state index in [9.17, 15) is 0 Å². The van der Waals surface area contributed by atoms with Crippen LogP contribution in [0.15, 0.2) is 29.3 Å². The SMILES string of the molecule is I.NC(=NCC1(N2CCOCC2)CCCCC1)NC1CCOc2ccccc21. The first-order chi connectivity index (χ1) is 13.3. The Labute approximate surface area is 185 Å². The molecule has 2 heterocycles. The highest BCUT2D eigenvalue weighted by atomic mass is 127. The Morgan fingerprint density at radius 2 is 1.89 bits per heavy atom. The molecule has 28 heavy (non-hydrogen) atoms. The minimum absolute atomic E-state index is 0. The standard InChI is InChI=1S/C21H32N4O2.HI/c22-20(24-18-8-13-27-19-7-3-2-6-17(18)19)23-16-21(9-4-1-5-10-21)25-11-14-26-15-12-25;/h2-3,6-7,18H,1,4-5,8-16H2,(H3,22,23,24);1H. The first-order valence-electron chi connectivity index (χ1n) is 10.4. The predicted octanol–water partition coefficient (Wildman–Crippen LogP) is 3.07. The van der Waals surface area contributed by atoms with Gasteiger partial charge in [0.1, 0.15) is 5.75 Å². The summed E-state index contributed by atoms with van der Waals surface area (Å²) in [6, 6.07) is 8.35. The fourth-order valence-corrected chi connectivity index (χ4v) is 4.77. The molecule has 6 nitrogen and oxygen atoms in total. The molecule has 1 saturated heterocycles. The van der Waals surface area contributed by atoms with Gasteiger partial charge < -0.3 is 20.5 Å². The number of ether oxygens (including phenoxy) is 2. The highest BCUT2D eigenvalue weighted by Gasteiger charge is 2.38. The number of nitrogens with zero attached hydrogens (tertiary/aromatic N) is 2. The maximum Gasteiger partial charge on any atom is 0.189 e. The molecule has 0 amide bonds. The maximum absolute atomic E-state index is 6.32. The first kappa shape index (κ1) is 21.6. The van der Waals surface area contributed by atoms with Crippen LogP contribution in [-0.4, -0.2) is 55.9 Å². The molecule has 1 aromatic rings. The van der Waals surface area contributed by atoms with Gasteiger partial charge in [-0.1, -0.05) is 37.5 Å². The Kier molecular flexibility index (Phi) is 7.82. The molecule has 4 rings (SSSR count). The zero-order valence-electron chi connectivity index (χ0n) is 16.6. The van der Waals surface area contributed by atoms with Gasteiger partial charge in [-0.05, 0) is 18.9 Å². The third kappa shape index (κ3) is 4.91. The van der Waals surface area contributed by atoms with Gasteiger partial charge in [0.2, 0.25) is 0 Å². The van der Waals surface area contributed by atoms with Crippen molar-refractivity contribution in [2.45, 2.75) is 50.1 Å². The van der Waals surface area contributed by atoms with Gasteiger partial charge in [0.25, 0.3) is 0 Å². The lowest BCUT2D eigenvalue weighted by Crippen LogP contribution is -2.56. The Morgan fingerprint density at radius 1 is 1.14 bits per heavy atom. The summed E-state index contributed by atoms with van der Waals surface area (Å²) in [4.78, 5) is 7.43. The van der Waals surface area contributed by atoms with Crippen molar-refractivity contribution in [3.8, 4) is 5.75 Å². The highest BCUT2D eigenvalue weighted by molar-refractivity contribution is 14.0. The van der Waals surface area contributed by atoms with Crippen LogP contribution >= 0.6 is 24.0 Å². The molecule has 2 fully saturated rings. The minimum atomic E-state index is 0. The summed E-state index contributed by atoms with van der Waals surface area (Å²) >= 11 is 0. The molecule has 156 valence electrons. The Hall–Kier alpha value is -1.06. The molecule has 0 aromatic heterocycles. The molecule has 1 saturated carbocycles. The van der Waals surface area contributed by atoms with Crippen LogP contribution in [-0.2, 0) is 4.74 Å². The van der Waals surface area contributed by atoms with E-state index in [-0.39, 0.29) is 35.6 Å². The number of aliphatic imine (C=N–C) groups is 1. The van der Waals surface area contributed by atoms with E-state index >= 15 is 0 Å². The molecule has 1 aromatic carbocycles. The number of hydrogen-bond acceptors (Lipinski definition) is 4. The summed E-state index contributed by atoms with van der Waals surface area (Å²) in [6.07, 6.45) is 7.24. The van der Waals surface area contributed by atoms with E-state index in [0.29, 0.717) is 12.6 Å². The third-order valence-corrected chi connectivity index (χ3v) is 6.29. The van der Waals surface area contributed by atoms with Crippen LogP contribution in [0, 0.1) is 0 Å². The average Bonchev–Trinajstić information content (AvgIpc) is 2.74. The van der Waals surface area contributed by atoms with Gasteiger partial charge in [0, 0.05) is 30.6 Å². The van der Waals surface area contributed by atoms with Crippen LogP contribution in [0.1, 0.15) is 50.1 Å².